The molecule has 2 rings (SSSR count). The van der Waals surface area contributed by atoms with Crippen LogP contribution in [0.3, 0.4) is 0 Å². The Kier molecular flexibility index (Phi) is 3.89. The summed E-state index contributed by atoms with van der Waals surface area (Å²) in [6.07, 6.45) is 0. The summed E-state index contributed by atoms with van der Waals surface area (Å²) in [6.45, 7) is 0. The molecule has 0 saturated carbocycles. The highest BCUT2D eigenvalue weighted by Crippen LogP contribution is 2.31. The highest BCUT2D eigenvalue weighted by molar-refractivity contribution is 7.88. The van der Waals surface area contributed by atoms with E-state index in [1.165, 1.54) is 19.2 Å². The molecule has 0 aliphatic carbocycles. The summed E-state index contributed by atoms with van der Waals surface area (Å²) in [6, 6.07) is 8.24. The number of benzene rings is 2. The normalized spacial score (nSPS) is 12.0. The second-order valence-electron chi connectivity index (χ2n) is 4.15. The van der Waals surface area contributed by atoms with E-state index in [4.69, 9.17) is 10.00 Å². The molecule has 0 aromatic heterocycles. The Morgan fingerprint density at radius 3 is 2.36 bits per heavy atom. The quantitative estimate of drug-likeness (QED) is 0.638. The molecule has 116 valence electrons. The van der Waals surface area contributed by atoms with Crippen molar-refractivity contribution in [3.8, 4) is 17.6 Å². The van der Waals surface area contributed by atoms with Crippen molar-refractivity contribution in [1.29, 1.82) is 5.26 Å². The summed E-state index contributed by atoms with van der Waals surface area (Å²) in [4.78, 5) is 0. The molecule has 0 saturated heterocycles. The van der Waals surface area contributed by atoms with Gasteiger partial charge in [-0.25, -0.2) is 0 Å². The van der Waals surface area contributed by atoms with E-state index in [0.717, 1.165) is 12.1 Å². The largest absolute Gasteiger partial charge is 0.534 e. The molecule has 0 aliphatic rings. The van der Waals surface area contributed by atoms with E-state index in [1.54, 1.807) is 6.07 Å². The summed E-state index contributed by atoms with van der Waals surface area (Å²) in [5.41, 5.74) is -5.41. The number of ether oxygens (including phenoxy) is 1. The highest BCUT2D eigenvalue weighted by atomic mass is 32.2. The van der Waals surface area contributed by atoms with Crippen LogP contribution in [0, 0.1) is 11.3 Å². The van der Waals surface area contributed by atoms with Gasteiger partial charge in [0.05, 0.1) is 18.7 Å². The van der Waals surface area contributed by atoms with Crippen LogP contribution < -0.4 is 8.92 Å². The Labute approximate surface area is 123 Å². The molecular formula is C13H8F3NO4S. The number of fused-ring (bicyclic) bond motifs is 1. The molecule has 2 aromatic rings. The minimum Gasteiger partial charge on any atom is -0.497 e. The Hall–Kier alpha value is -2.47. The zero-order valence-electron chi connectivity index (χ0n) is 11.0. The molecule has 5 nitrogen and oxygen atoms in total. The van der Waals surface area contributed by atoms with Crippen molar-refractivity contribution in [1.82, 2.24) is 0 Å². The lowest BCUT2D eigenvalue weighted by atomic mass is 10.0. The number of methoxy groups -OCH3 is 1. The number of halogens is 3. The van der Waals surface area contributed by atoms with Crippen molar-refractivity contribution in [3.05, 3.63) is 35.9 Å². The van der Waals surface area contributed by atoms with Gasteiger partial charge in [-0.1, -0.05) is 6.07 Å². The fourth-order valence-electron chi connectivity index (χ4n) is 1.75. The SMILES string of the molecule is COc1cc(C#N)c2cc(OS(=O)(=O)C(F)(F)F)ccc2c1. The Balaban J connectivity index is 2.54. The van der Waals surface area contributed by atoms with Gasteiger partial charge in [-0.2, -0.15) is 26.9 Å². The number of rotatable bonds is 3. The van der Waals surface area contributed by atoms with Crippen molar-refractivity contribution in [3.63, 3.8) is 0 Å². The fraction of sp³-hybridized carbons (Fsp3) is 0.154. The third-order valence-corrected chi connectivity index (χ3v) is 3.72. The van der Waals surface area contributed by atoms with Gasteiger partial charge in [-0.05, 0) is 29.7 Å². The Bertz CT molecular complexity index is 869. The number of alkyl halides is 3. The van der Waals surface area contributed by atoms with Crippen LogP contribution >= 0.6 is 0 Å². The van der Waals surface area contributed by atoms with E-state index >= 15 is 0 Å². The molecule has 22 heavy (non-hydrogen) atoms. The van der Waals surface area contributed by atoms with E-state index in [0.29, 0.717) is 11.1 Å². The van der Waals surface area contributed by atoms with Crippen molar-refractivity contribution < 1.29 is 30.5 Å². The van der Waals surface area contributed by atoms with Gasteiger partial charge in [0.25, 0.3) is 0 Å². The molecule has 0 unspecified atom stereocenters. The van der Waals surface area contributed by atoms with Crippen LogP contribution in [0.15, 0.2) is 30.3 Å². The van der Waals surface area contributed by atoms with E-state index in [-0.39, 0.29) is 10.9 Å². The fourth-order valence-corrected chi connectivity index (χ4v) is 2.20. The summed E-state index contributed by atoms with van der Waals surface area (Å²) in [7, 11) is -4.36. The molecule has 9 heteroatoms. The van der Waals surface area contributed by atoms with Crippen LogP contribution in [0.2, 0.25) is 0 Å². The average molecular weight is 331 g/mol. The first-order valence-corrected chi connectivity index (χ1v) is 7.11. The topological polar surface area (TPSA) is 76.4 Å². The number of nitriles is 1. The van der Waals surface area contributed by atoms with Gasteiger partial charge in [-0.3, -0.25) is 0 Å². The van der Waals surface area contributed by atoms with Crippen LogP contribution in [0.4, 0.5) is 13.2 Å². The first-order chi connectivity index (χ1) is 10.2. The maximum atomic E-state index is 12.3. The number of nitrogens with zero attached hydrogens (tertiary/aromatic N) is 1. The molecule has 0 aliphatic heterocycles. The smallest absolute Gasteiger partial charge is 0.497 e. The summed E-state index contributed by atoms with van der Waals surface area (Å²) < 4.78 is 67.9. The monoisotopic (exact) mass is 331 g/mol. The predicted molar refractivity (Wildman–Crippen MR) is 70.8 cm³/mol. The molecule has 0 heterocycles. The lowest BCUT2D eigenvalue weighted by Crippen LogP contribution is -2.28. The third-order valence-electron chi connectivity index (χ3n) is 2.74. The van der Waals surface area contributed by atoms with E-state index in [9.17, 15) is 21.6 Å². The summed E-state index contributed by atoms with van der Waals surface area (Å²) in [5.74, 6) is -0.146. The van der Waals surface area contributed by atoms with Crippen LogP contribution in [0.5, 0.6) is 11.5 Å². The first kappa shape index (κ1) is 15.9. The van der Waals surface area contributed by atoms with Crippen LogP contribution in [-0.4, -0.2) is 21.0 Å². The van der Waals surface area contributed by atoms with Crippen LogP contribution in [-0.2, 0) is 10.1 Å². The van der Waals surface area contributed by atoms with Gasteiger partial charge in [0.2, 0.25) is 0 Å². The predicted octanol–water partition coefficient (Wildman–Crippen LogP) is 2.95. The summed E-state index contributed by atoms with van der Waals surface area (Å²) >= 11 is 0. The second kappa shape index (κ2) is 5.38. The minimum absolute atomic E-state index is 0.115. The minimum atomic E-state index is -5.76. The van der Waals surface area contributed by atoms with Gasteiger partial charge in [0, 0.05) is 5.39 Å². The van der Waals surface area contributed by atoms with Gasteiger partial charge >= 0.3 is 15.6 Å². The molecule has 0 radical (unpaired) electrons. The zero-order chi connectivity index (χ0) is 16.5. The van der Waals surface area contributed by atoms with Crippen LogP contribution in [0.25, 0.3) is 10.8 Å². The van der Waals surface area contributed by atoms with Gasteiger partial charge < -0.3 is 8.92 Å². The molecule has 0 amide bonds. The molecule has 0 fully saturated rings. The van der Waals surface area contributed by atoms with Crippen molar-refractivity contribution in [2.45, 2.75) is 5.51 Å². The van der Waals surface area contributed by atoms with Gasteiger partial charge in [0.1, 0.15) is 11.5 Å². The summed E-state index contributed by atoms with van der Waals surface area (Å²) in [5, 5.41) is 9.81. The van der Waals surface area contributed by atoms with E-state index in [2.05, 4.69) is 4.18 Å². The molecule has 0 atom stereocenters. The van der Waals surface area contributed by atoms with Crippen molar-refractivity contribution in [2.24, 2.45) is 0 Å². The number of hydrogen-bond acceptors (Lipinski definition) is 5. The first-order valence-electron chi connectivity index (χ1n) is 5.70. The molecule has 0 N–H and O–H groups in total. The average Bonchev–Trinajstić information content (AvgIpc) is 2.44. The maximum absolute atomic E-state index is 12.3. The van der Waals surface area contributed by atoms with Crippen molar-refractivity contribution in [2.75, 3.05) is 7.11 Å². The highest BCUT2D eigenvalue weighted by Gasteiger charge is 2.48. The Morgan fingerprint density at radius 1 is 1.14 bits per heavy atom. The van der Waals surface area contributed by atoms with E-state index in [1.807, 2.05) is 6.07 Å². The molecule has 0 spiro atoms. The molecular weight excluding hydrogens is 323 g/mol. The lowest BCUT2D eigenvalue weighted by molar-refractivity contribution is -0.0500. The molecule has 0 bridgehead atoms. The van der Waals surface area contributed by atoms with Gasteiger partial charge in [-0.15, -0.1) is 0 Å². The van der Waals surface area contributed by atoms with Crippen LogP contribution in [0.1, 0.15) is 5.56 Å². The lowest BCUT2D eigenvalue weighted by Gasteiger charge is -2.11. The third kappa shape index (κ3) is 2.92. The van der Waals surface area contributed by atoms with Crippen molar-refractivity contribution >= 4 is 20.9 Å². The van der Waals surface area contributed by atoms with E-state index < -0.39 is 21.4 Å². The Morgan fingerprint density at radius 2 is 1.82 bits per heavy atom. The second-order valence-corrected chi connectivity index (χ2v) is 5.69. The maximum Gasteiger partial charge on any atom is 0.534 e. The number of hydrogen-bond donors (Lipinski definition) is 0. The van der Waals surface area contributed by atoms with Gasteiger partial charge in [0.15, 0.2) is 0 Å². The zero-order valence-corrected chi connectivity index (χ0v) is 11.8. The standard InChI is InChI=1S/C13H8F3NO4S/c1-20-11-4-8-2-3-10(6-12(8)9(5-11)7-17)21-22(18,19)13(14,15)16/h2-6H,1H3. The molecule has 2 aromatic carbocycles.